The summed E-state index contributed by atoms with van der Waals surface area (Å²) in [7, 11) is 0. The summed E-state index contributed by atoms with van der Waals surface area (Å²) in [6.07, 6.45) is 2.49. The maximum atomic E-state index is 12.8. The summed E-state index contributed by atoms with van der Waals surface area (Å²) in [5.74, 6) is 1.03. The van der Waals surface area contributed by atoms with E-state index in [-0.39, 0.29) is 11.9 Å². The molecule has 2 atom stereocenters. The van der Waals surface area contributed by atoms with Crippen molar-refractivity contribution >= 4 is 5.91 Å². The normalized spacial score (nSPS) is 12.8. The molecule has 7 nitrogen and oxygen atoms in total. The molecule has 4 N–H and O–H groups in total. The van der Waals surface area contributed by atoms with Crippen LogP contribution in [-0.4, -0.2) is 44.8 Å². The van der Waals surface area contributed by atoms with Crippen LogP contribution in [0.25, 0.3) is 5.82 Å². The Labute approximate surface area is 236 Å². The van der Waals surface area contributed by atoms with Gasteiger partial charge in [0, 0.05) is 47.8 Å². The van der Waals surface area contributed by atoms with E-state index in [1.165, 1.54) is 0 Å². The Balaban J connectivity index is 1.26. The van der Waals surface area contributed by atoms with Gasteiger partial charge in [-0.2, -0.15) is 0 Å². The molecule has 0 radical (unpaired) electrons. The van der Waals surface area contributed by atoms with Gasteiger partial charge in [-0.25, -0.2) is 4.98 Å². The van der Waals surface area contributed by atoms with E-state index in [0.717, 1.165) is 51.4 Å². The number of hydrogen-bond donors (Lipinski definition) is 4. The Bertz CT molecular complexity index is 1440. The molecule has 4 aromatic rings. The van der Waals surface area contributed by atoms with Gasteiger partial charge in [-0.3, -0.25) is 4.79 Å². The largest absolute Gasteiger partial charge is 0.508 e. The molecular weight excluding hydrogens is 500 g/mol. The van der Waals surface area contributed by atoms with E-state index in [2.05, 4.69) is 39.2 Å². The van der Waals surface area contributed by atoms with Gasteiger partial charge in [-0.05, 0) is 106 Å². The van der Waals surface area contributed by atoms with Crippen molar-refractivity contribution in [2.45, 2.75) is 59.6 Å². The number of aliphatic hydroxyl groups is 1. The second kappa shape index (κ2) is 12.9. The molecule has 210 valence electrons. The monoisotopic (exact) mass is 540 g/mol. The summed E-state index contributed by atoms with van der Waals surface area (Å²) in [6.45, 7) is 10.9. The highest BCUT2D eigenvalue weighted by Crippen LogP contribution is 2.22. The number of carbonyl (C=O) groups excluding carboxylic acids is 1. The van der Waals surface area contributed by atoms with E-state index >= 15 is 0 Å². The van der Waals surface area contributed by atoms with Crippen LogP contribution in [0.4, 0.5) is 0 Å². The van der Waals surface area contributed by atoms with Crippen LogP contribution < -0.4 is 10.6 Å². The fraction of sp³-hybridized carbons (Fsp3) is 0.333. The first kappa shape index (κ1) is 29.1. The highest BCUT2D eigenvalue weighted by molar-refractivity contribution is 5.94. The van der Waals surface area contributed by atoms with Gasteiger partial charge in [-0.1, -0.05) is 24.3 Å². The molecule has 0 unspecified atom stereocenters. The third-order valence-electron chi connectivity index (χ3n) is 7.38. The molecule has 7 heteroatoms. The molecule has 2 aromatic carbocycles. The minimum absolute atomic E-state index is 0.103. The first-order chi connectivity index (χ1) is 19.1. The number of benzene rings is 2. The number of nitrogens with zero attached hydrogens (tertiary/aromatic N) is 2. The number of aromatic hydroxyl groups is 1. The number of pyridine rings is 1. The lowest BCUT2D eigenvalue weighted by molar-refractivity contribution is 0.0954. The van der Waals surface area contributed by atoms with Crippen molar-refractivity contribution in [3.63, 3.8) is 0 Å². The molecule has 0 bridgehead atoms. The number of aliphatic hydroxyl groups excluding tert-OH is 1. The molecule has 1 amide bonds. The topological polar surface area (TPSA) is 99.4 Å². The maximum absolute atomic E-state index is 12.8. The lowest BCUT2D eigenvalue weighted by Crippen LogP contribution is -2.32. The van der Waals surface area contributed by atoms with Gasteiger partial charge in [0.15, 0.2) is 0 Å². The second-order valence-corrected chi connectivity index (χ2v) is 10.7. The van der Waals surface area contributed by atoms with Gasteiger partial charge in [0.25, 0.3) is 5.91 Å². The van der Waals surface area contributed by atoms with Crippen LogP contribution in [0.5, 0.6) is 5.75 Å². The van der Waals surface area contributed by atoms with Crippen molar-refractivity contribution in [1.29, 1.82) is 0 Å². The molecule has 2 aromatic heterocycles. The van der Waals surface area contributed by atoms with Crippen molar-refractivity contribution in [2.24, 2.45) is 0 Å². The number of nitrogens with one attached hydrogen (secondary N) is 2. The lowest BCUT2D eigenvalue weighted by atomic mass is 10.0. The highest BCUT2D eigenvalue weighted by atomic mass is 16.3. The van der Waals surface area contributed by atoms with Crippen molar-refractivity contribution < 1.29 is 15.0 Å². The number of hydrogen-bond acceptors (Lipinski definition) is 5. The number of carbonyl (C=O) groups is 1. The molecule has 4 rings (SSSR count). The van der Waals surface area contributed by atoms with Gasteiger partial charge in [0.05, 0.1) is 6.10 Å². The third-order valence-corrected chi connectivity index (χ3v) is 7.38. The van der Waals surface area contributed by atoms with Gasteiger partial charge < -0.3 is 25.4 Å². The van der Waals surface area contributed by atoms with E-state index < -0.39 is 6.10 Å². The van der Waals surface area contributed by atoms with Crippen LogP contribution in [0, 0.1) is 27.7 Å². The van der Waals surface area contributed by atoms with Crippen LogP contribution in [-0.2, 0) is 12.8 Å². The van der Waals surface area contributed by atoms with Gasteiger partial charge in [0.1, 0.15) is 11.6 Å². The Morgan fingerprint density at radius 3 is 2.42 bits per heavy atom. The third kappa shape index (κ3) is 7.17. The van der Waals surface area contributed by atoms with Crippen LogP contribution in [0.1, 0.15) is 62.6 Å². The number of phenolic OH excluding ortho intramolecular Hbond substituents is 1. The molecule has 0 aliphatic heterocycles. The van der Waals surface area contributed by atoms with Crippen molar-refractivity contribution in [3.8, 4) is 11.6 Å². The summed E-state index contributed by atoms with van der Waals surface area (Å²) >= 11 is 0. The summed E-state index contributed by atoms with van der Waals surface area (Å²) < 4.78 is 2.09. The molecule has 0 spiro atoms. The summed E-state index contributed by atoms with van der Waals surface area (Å²) in [5.41, 5.74) is 7.65. The Kier molecular flexibility index (Phi) is 9.40. The zero-order chi connectivity index (χ0) is 28.8. The van der Waals surface area contributed by atoms with Crippen molar-refractivity contribution in [3.05, 3.63) is 112 Å². The summed E-state index contributed by atoms with van der Waals surface area (Å²) in [4.78, 5) is 17.3. The molecule has 0 saturated carbocycles. The van der Waals surface area contributed by atoms with Crippen molar-refractivity contribution in [1.82, 2.24) is 20.2 Å². The van der Waals surface area contributed by atoms with E-state index in [1.807, 2.05) is 70.2 Å². The zero-order valence-electron chi connectivity index (χ0n) is 24.0. The summed E-state index contributed by atoms with van der Waals surface area (Å²) in [5, 5.41) is 27.0. The van der Waals surface area contributed by atoms with Crippen LogP contribution >= 0.6 is 0 Å². The highest BCUT2D eigenvalue weighted by Gasteiger charge is 2.13. The number of rotatable bonds is 11. The predicted molar refractivity (Wildman–Crippen MR) is 159 cm³/mol. The van der Waals surface area contributed by atoms with Gasteiger partial charge in [0.2, 0.25) is 0 Å². The molecule has 0 saturated heterocycles. The van der Waals surface area contributed by atoms with E-state index in [0.29, 0.717) is 30.8 Å². The first-order valence-electron chi connectivity index (χ1n) is 13.8. The van der Waals surface area contributed by atoms with E-state index in [9.17, 15) is 15.0 Å². The lowest BCUT2D eigenvalue weighted by Gasteiger charge is -2.18. The average molecular weight is 541 g/mol. The van der Waals surface area contributed by atoms with Gasteiger partial charge in [-0.15, -0.1) is 0 Å². The molecular formula is C33H40N4O3. The molecule has 0 fully saturated rings. The quantitative estimate of drug-likeness (QED) is 0.214. The number of amides is 1. The summed E-state index contributed by atoms with van der Waals surface area (Å²) in [6, 6.07) is 19.5. The SMILES string of the molecule is Cc1cc(CCNC(=O)c2cccc(C[C@@H](C)NC[C@@H](O)c3ccc(-n4c(C)ccc4C)nc3)c2)c(C)cc1O. The van der Waals surface area contributed by atoms with E-state index in [4.69, 9.17) is 0 Å². The Hall–Kier alpha value is -3.94. The van der Waals surface area contributed by atoms with Crippen LogP contribution in [0.3, 0.4) is 0 Å². The molecule has 40 heavy (non-hydrogen) atoms. The molecule has 0 aliphatic carbocycles. The number of phenols is 1. The second-order valence-electron chi connectivity index (χ2n) is 10.7. The first-order valence-corrected chi connectivity index (χ1v) is 13.8. The van der Waals surface area contributed by atoms with Crippen LogP contribution in [0.2, 0.25) is 0 Å². The predicted octanol–water partition coefficient (Wildman–Crippen LogP) is 5.04. The molecule has 0 aliphatic rings. The maximum Gasteiger partial charge on any atom is 0.251 e. The fourth-order valence-corrected chi connectivity index (χ4v) is 5.00. The zero-order valence-corrected chi connectivity index (χ0v) is 24.0. The van der Waals surface area contributed by atoms with E-state index in [1.54, 1.807) is 12.3 Å². The minimum atomic E-state index is -0.672. The standard InChI is InChI=1S/C33H40N4O3/c1-21-16-30(38)22(2)15-27(21)13-14-34-33(40)28-8-6-7-26(18-28)17-23(3)35-20-31(39)29-11-12-32(36-19-29)37-24(4)9-10-25(37)5/h6-12,15-16,18-19,23,31,35,38-39H,13-14,17,20H2,1-5H3,(H,34,40)/t23-,31-/m1/s1. The Morgan fingerprint density at radius 2 is 1.73 bits per heavy atom. The van der Waals surface area contributed by atoms with Gasteiger partial charge >= 0.3 is 0 Å². The van der Waals surface area contributed by atoms with Crippen LogP contribution in [0.15, 0.2) is 66.9 Å². The minimum Gasteiger partial charge on any atom is -0.508 e. The molecule has 2 heterocycles. The number of aryl methyl sites for hydroxylation is 4. The Morgan fingerprint density at radius 1 is 0.975 bits per heavy atom. The fourth-order valence-electron chi connectivity index (χ4n) is 5.00. The smallest absolute Gasteiger partial charge is 0.251 e. The average Bonchev–Trinajstić information content (AvgIpc) is 3.27. The number of aromatic nitrogens is 2. The van der Waals surface area contributed by atoms with Crippen molar-refractivity contribution in [2.75, 3.05) is 13.1 Å².